The van der Waals surface area contributed by atoms with Crippen LogP contribution in [0.4, 0.5) is 17.6 Å². The van der Waals surface area contributed by atoms with Crippen molar-refractivity contribution in [3.8, 4) is 0 Å². The van der Waals surface area contributed by atoms with E-state index < -0.39 is 11.9 Å². The van der Waals surface area contributed by atoms with Crippen molar-refractivity contribution in [3.63, 3.8) is 0 Å². The van der Waals surface area contributed by atoms with Gasteiger partial charge in [0.25, 0.3) is 0 Å². The molecule has 2 rings (SSSR count). The first-order chi connectivity index (χ1) is 12.2. The van der Waals surface area contributed by atoms with Gasteiger partial charge in [-0.25, -0.2) is 14.4 Å². The molecule has 1 heterocycles. The molecule has 0 aliphatic heterocycles. The molecule has 1 aromatic heterocycles. The van der Waals surface area contributed by atoms with Crippen LogP contribution in [0.2, 0.25) is 0 Å². The lowest BCUT2D eigenvalue weighted by Gasteiger charge is -2.18. The van der Waals surface area contributed by atoms with Crippen molar-refractivity contribution >= 4 is 41.3 Å². The molecular weight excluding hydrogens is 495 g/mol. The van der Waals surface area contributed by atoms with Gasteiger partial charge in [-0.15, -0.1) is 35.3 Å². The number of guanidine groups is 1. The molecule has 1 aromatic carbocycles. The van der Waals surface area contributed by atoms with Gasteiger partial charge in [0.1, 0.15) is 10.8 Å². The van der Waals surface area contributed by atoms with Gasteiger partial charge in [0.05, 0.1) is 12.6 Å². The molecule has 0 amide bonds. The van der Waals surface area contributed by atoms with Crippen LogP contribution in [-0.2, 0) is 12.7 Å². The van der Waals surface area contributed by atoms with Crippen LogP contribution in [-0.4, -0.2) is 17.5 Å². The van der Waals surface area contributed by atoms with E-state index in [1.54, 1.807) is 13.0 Å². The zero-order valence-electron chi connectivity index (χ0n) is 15.0. The molecule has 27 heavy (non-hydrogen) atoms. The number of nitrogens with one attached hydrogen (secondary N) is 2. The van der Waals surface area contributed by atoms with Gasteiger partial charge in [-0.1, -0.05) is 12.1 Å². The topological polar surface area (TPSA) is 49.3 Å². The Labute approximate surface area is 176 Å². The van der Waals surface area contributed by atoms with Crippen molar-refractivity contribution in [2.75, 3.05) is 6.54 Å². The number of benzene rings is 1. The second kappa shape index (κ2) is 10.2. The van der Waals surface area contributed by atoms with Crippen LogP contribution < -0.4 is 10.6 Å². The van der Waals surface area contributed by atoms with Crippen LogP contribution in [0.25, 0.3) is 0 Å². The maximum Gasteiger partial charge on any atom is 0.434 e. The van der Waals surface area contributed by atoms with E-state index in [1.807, 2.05) is 19.9 Å². The summed E-state index contributed by atoms with van der Waals surface area (Å²) >= 11 is 0.912. The normalized spacial score (nSPS) is 13.1. The van der Waals surface area contributed by atoms with Crippen molar-refractivity contribution in [1.82, 2.24) is 15.6 Å². The Bertz CT molecular complexity index is 777. The molecule has 2 aromatic rings. The zero-order valence-corrected chi connectivity index (χ0v) is 18.2. The van der Waals surface area contributed by atoms with Crippen molar-refractivity contribution < 1.29 is 17.6 Å². The smallest absolute Gasteiger partial charge is 0.357 e. The number of hydrogen-bond donors (Lipinski definition) is 2. The first-order valence-corrected chi connectivity index (χ1v) is 8.91. The Morgan fingerprint density at radius 1 is 1.33 bits per heavy atom. The number of hydrogen-bond acceptors (Lipinski definition) is 3. The fraction of sp³-hybridized carbons (Fsp3) is 0.412. The Morgan fingerprint density at radius 2 is 2.04 bits per heavy atom. The largest absolute Gasteiger partial charge is 0.434 e. The third-order valence-corrected chi connectivity index (χ3v) is 4.44. The highest BCUT2D eigenvalue weighted by Crippen LogP contribution is 2.30. The van der Waals surface area contributed by atoms with E-state index in [1.165, 1.54) is 6.07 Å². The first kappa shape index (κ1) is 23.6. The van der Waals surface area contributed by atoms with Crippen LogP contribution in [0.5, 0.6) is 0 Å². The number of aromatic nitrogens is 1. The van der Waals surface area contributed by atoms with Crippen LogP contribution in [0, 0.1) is 12.7 Å². The molecular formula is C17H21F4IN4S. The zero-order chi connectivity index (χ0) is 19.3. The van der Waals surface area contributed by atoms with E-state index in [-0.39, 0.29) is 47.4 Å². The number of thiazole rings is 1. The van der Waals surface area contributed by atoms with E-state index in [2.05, 4.69) is 20.6 Å². The van der Waals surface area contributed by atoms with Gasteiger partial charge in [0, 0.05) is 11.9 Å². The molecule has 0 saturated carbocycles. The average molecular weight is 516 g/mol. The molecule has 0 bridgehead atoms. The van der Waals surface area contributed by atoms with Gasteiger partial charge in [-0.2, -0.15) is 13.2 Å². The van der Waals surface area contributed by atoms with Crippen LogP contribution >= 0.6 is 35.3 Å². The SMILES string of the molecule is CCNC(=NCc1nc(C(F)(F)F)cs1)NC(C)c1ccc(C)c(F)c1.I. The predicted octanol–water partition coefficient (Wildman–Crippen LogP) is 5.04. The van der Waals surface area contributed by atoms with E-state index >= 15 is 0 Å². The highest BCUT2D eigenvalue weighted by Gasteiger charge is 2.33. The van der Waals surface area contributed by atoms with Gasteiger partial charge in [-0.3, -0.25) is 0 Å². The maximum absolute atomic E-state index is 13.7. The standard InChI is InChI=1S/C17H20F4N4S.HI/c1-4-22-16(23-8-15-25-14(9-26-15)17(19,20)21)24-11(3)12-6-5-10(2)13(18)7-12;/h5-7,9,11H,4,8H2,1-3H3,(H2,22,23,24);1H. The van der Waals surface area contributed by atoms with E-state index in [0.29, 0.717) is 18.1 Å². The summed E-state index contributed by atoms with van der Waals surface area (Å²) in [6.45, 7) is 6.00. The molecule has 0 radical (unpaired) electrons. The summed E-state index contributed by atoms with van der Waals surface area (Å²) in [6.07, 6.45) is -4.45. The van der Waals surface area contributed by atoms with Gasteiger partial charge in [0.15, 0.2) is 11.7 Å². The van der Waals surface area contributed by atoms with Crippen molar-refractivity contribution in [2.45, 2.75) is 39.5 Å². The monoisotopic (exact) mass is 516 g/mol. The third-order valence-electron chi connectivity index (χ3n) is 3.61. The second-order valence-corrected chi connectivity index (χ2v) is 6.64. The molecule has 0 saturated heterocycles. The summed E-state index contributed by atoms with van der Waals surface area (Å²) in [4.78, 5) is 7.82. The number of rotatable bonds is 5. The highest BCUT2D eigenvalue weighted by molar-refractivity contribution is 14.0. The number of aliphatic imine (C=N–C) groups is 1. The fourth-order valence-corrected chi connectivity index (χ4v) is 2.87. The molecule has 0 aliphatic carbocycles. The average Bonchev–Trinajstić information content (AvgIpc) is 3.04. The summed E-state index contributed by atoms with van der Waals surface area (Å²) < 4.78 is 51.5. The third kappa shape index (κ3) is 6.91. The van der Waals surface area contributed by atoms with Crippen LogP contribution in [0.3, 0.4) is 0 Å². The van der Waals surface area contributed by atoms with Crippen molar-refractivity contribution in [2.24, 2.45) is 4.99 Å². The van der Waals surface area contributed by atoms with Gasteiger partial charge in [-0.05, 0) is 38.0 Å². The highest BCUT2D eigenvalue weighted by atomic mass is 127. The van der Waals surface area contributed by atoms with Gasteiger partial charge >= 0.3 is 6.18 Å². The van der Waals surface area contributed by atoms with Crippen molar-refractivity contribution in [3.05, 3.63) is 51.2 Å². The minimum Gasteiger partial charge on any atom is -0.357 e. The lowest BCUT2D eigenvalue weighted by molar-refractivity contribution is -0.140. The summed E-state index contributed by atoms with van der Waals surface area (Å²) in [5.41, 5.74) is 0.396. The van der Waals surface area contributed by atoms with E-state index in [9.17, 15) is 17.6 Å². The second-order valence-electron chi connectivity index (χ2n) is 5.69. The molecule has 10 heteroatoms. The Morgan fingerprint density at radius 3 is 2.59 bits per heavy atom. The van der Waals surface area contributed by atoms with Gasteiger partial charge in [0.2, 0.25) is 0 Å². The van der Waals surface area contributed by atoms with Crippen LogP contribution in [0.1, 0.15) is 41.7 Å². The maximum atomic E-state index is 13.7. The Balaban J connectivity index is 0.00000364. The summed E-state index contributed by atoms with van der Waals surface area (Å²) in [6, 6.07) is 4.73. The van der Waals surface area contributed by atoms with Gasteiger partial charge < -0.3 is 10.6 Å². The van der Waals surface area contributed by atoms with Crippen molar-refractivity contribution in [1.29, 1.82) is 0 Å². The first-order valence-electron chi connectivity index (χ1n) is 8.03. The fourth-order valence-electron chi connectivity index (χ4n) is 2.15. The quantitative estimate of drug-likeness (QED) is 0.253. The summed E-state index contributed by atoms with van der Waals surface area (Å²) in [5, 5.41) is 7.37. The minimum absolute atomic E-state index is 0. The molecule has 1 atom stereocenters. The molecule has 4 nitrogen and oxygen atoms in total. The molecule has 1 unspecified atom stereocenters. The van der Waals surface area contributed by atoms with Crippen LogP contribution in [0.15, 0.2) is 28.6 Å². The number of halogens is 5. The van der Waals surface area contributed by atoms with E-state index in [0.717, 1.165) is 22.3 Å². The minimum atomic E-state index is -4.45. The molecule has 150 valence electrons. The molecule has 2 N–H and O–H groups in total. The Kier molecular flexibility index (Phi) is 8.92. The molecule has 0 spiro atoms. The summed E-state index contributed by atoms with van der Waals surface area (Å²) in [5.74, 6) is 0.130. The molecule has 0 aliphatic rings. The Hall–Kier alpha value is -1.43. The number of nitrogens with zero attached hydrogens (tertiary/aromatic N) is 2. The lowest BCUT2D eigenvalue weighted by atomic mass is 10.1. The lowest BCUT2D eigenvalue weighted by Crippen LogP contribution is -2.38. The molecule has 0 fully saturated rings. The number of alkyl halides is 3. The summed E-state index contributed by atoms with van der Waals surface area (Å²) in [7, 11) is 0. The predicted molar refractivity (Wildman–Crippen MR) is 110 cm³/mol. The number of aryl methyl sites for hydroxylation is 1. The van der Waals surface area contributed by atoms with E-state index in [4.69, 9.17) is 0 Å².